The molecule has 0 saturated heterocycles. The topological polar surface area (TPSA) is 66.3 Å². The molecular weight excluding hydrogens is 470 g/mol. The third-order valence-electron chi connectivity index (χ3n) is 7.20. The van der Waals surface area contributed by atoms with Gasteiger partial charge in [-0.2, -0.15) is 0 Å². The van der Waals surface area contributed by atoms with E-state index in [0.29, 0.717) is 5.15 Å². The van der Waals surface area contributed by atoms with Crippen LogP contribution in [0.1, 0.15) is 52.0 Å². The Balaban J connectivity index is 1.65. The molecule has 2 aromatic carbocycles. The van der Waals surface area contributed by atoms with Crippen LogP contribution in [0.4, 0.5) is 4.79 Å². The molecule has 2 heterocycles. The van der Waals surface area contributed by atoms with Crippen molar-refractivity contribution in [1.29, 1.82) is 0 Å². The highest BCUT2D eigenvalue weighted by Crippen LogP contribution is 2.47. The number of halogens is 1. The number of carboxylic acid groups (broad SMARTS) is 1. The van der Waals surface area contributed by atoms with Gasteiger partial charge in [0.15, 0.2) is 0 Å². The minimum Gasteiger partial charge on any atom is -0.465 e. The van der Waals surface area contributed by atoms with Gasteiger partial charge in [0, 0.05) is 28.2 Å². The summed E-state index contributed by atoms with van der Waals surface area (Å²) >= 11 is 6.41. The first kappa shape index (κ1) is 24.3. The first-order chi connectivity index (χ1) is 17.2. The maximum Gasteiger partial charge on any atom is 0.408 e. The molecule has 1 aliphatic carbocycles. The van der Waals surface area contributed by atoms with Crippen molar-refractivity contribution in [1.82, 2.24) is 14.9 Å². The molecule has 1 N–H and O–H groups in total. The Morgan fingerprint density at radius 2 is 1.64 bits per heavy atom. The zero-order valence-corrected chi connectivity index (χ0v) is 21.6. The fraction of sp³-hybridized carbons (Fsp3) is 0.300. The SMILES string of the molecule is CC(C)(C)N(C(=O)O)C1(c2ccc(-c3nc4ccnc(Cl)c4cc3-c3ccccc3)cc2)CCCC1. The summed E-state index contributed by atoms with van der Waals surface area (Å²) < 4.78 is 0. The summed E-state index contributed by atoms with van der Waals surface area (Å²) in [6.07, 6.45) is 4.47. The molecule has 0 bridgehead atoms. The Morgan fingerprint density at radius 1 is 0.972 bits per heavy atom. The number of aromatic nitrogens is 2. The molecular formula is C30H30ClN3O2. The number of benzene rings is 2. The van der Waals surface area contributed by atoms with Crippen LogP contribution in [0.25, 0.3) is 33.3 Å². The average molecular weight is 500 g/mol. The Kier molecular flexibility index (Phi) is 6.21. The van der Waals surface area contributed by atoms with E-state index in [-0.39, 0.29) is 0 Å². The maximum atomic E-state index is 12.5. The van der Waals surface area contributed by atoms with Crippen LogP contribution < -0.4 is 0 Å². The maximum absolute atomic E-state index is 12.5. The molecule has 1 amide bonds. The van der Waals surface area contributed by atoms with E-state index in [2.05, 4.69) is 47.4 Å². The lowest BCUT2D eigenvalue weighted by molar-refractivity contribution is 0.0155. The highest BCUT2D eigenvalue weighted by atomic mass is 35.5. The number of amides is 1. The number of nitrogens with zero attached hydrogens (tertiary/aromatic N) is 3. The van der Waals surface area contributed by atoms with Gasteiger partial charge >= 0.3 is 6.09 Å². The van der Waals surface area contributed by atoms with E-state index in [9.17, 15) is 9.90 Å². The summed E-state index contributed by atoms with van der Waals surface area (Å²) in [4.78, 5) is 23.4. The van der Waals surface area contributed by atoms with Gasteiger partial charge in [0.25, 0.3) is 0 Å². The lowest BCUT2D eigenvalue weighted by atomic mass is 9.82. The standard InChI is InChI=1S/C30H30ClN3O2/c1-29(2,3)34(28(35)36)30(16-7-8-17-30)22-13-11-21(12-14-22)26-23(20-9-5-4-6-10-20)19-24-25(33-26)15-18-32-27(24)31/h4-6,9-15,18-19H,7-8,16-17H2,1-3H3,(H,35,36). The van der Waals surface area contributed by atoms with Crippen LogP contribution in [0.3, 0.4) is 0 Å². The summed E-state index contributed by atoms with van der Waals surface area (Å²) in [7, 11) is 0. The molecule has 0 radical (unpaired) electrons. The molecule has 0 aliphatic heterocycles. The highest BCUT2D eigenvalue weighted by Gasteiger charge is 2.48. The van der Waals surface area contributed by atoms with Crippen molar-refractivity contribution in [2.24, 2.45) is 0 Å². The summed E-state index contributed by atoms with van der Waals surface area (Å²) in [5.74, 6) is 0. The van der Waals surface area contributed by atoms with Crippen molar-refractivity contribution in [3.05, 3.63) is 83.6 Å². The van der Waals surface area contributed by atoms with E-state index in [1.165, 1.54) is 0 Å². The number of fused-ring (bicyclic) bond motifs is 1. The van der Waals surface area contributed by atoms with Gasteiger partial charge in [-0.25, -0.2) is 14.8 Å². The molecule has 4 aromatic rings. The van der Waals surface area contributed by atoms with Crippen LogP contribution in [-0.4, -0.2) is 31.6 Å². The molecule has 5 rings (SSSR count). The Bertz CT molecular complexity index is 1410. The van der Waals surface area contributed by atoms with Gasteiger partial charge < -0.3 is 5.11 Å². The van der Waals surface area contributed by atoms with Crippen molar-refractivity contribution >= 4 is 28.6 Å². The van der Waals surface area contributed by atoms with E-state index in [0.717, 1.165) is 64.5 Å². The molecule has 2 aromatic heterocycles. The molecule has 184 valence electrons. The molecule has 1 saturated carbocycles. The average Bonchev–Trinajstić information content (AvgIpc) is 3.33. The number of hydrogen-bond acceptors (Lipinski definition) is 3. The Hall–Kier alpha value is -3.44. The zero-order chi connectivity index (χ0) is 25.5. The first-order valence-corrected chi connectivity index (χ1v) is 12.7. The van der Waals surface area contributed by atoms with Gasteiger partial charge in [-0.1, -0.05) is 79.0 Å². The summed E-state index contributed by atoms with van der Waals surface area (Å²) in [5, 5.41) is 11.5. The van der Waals surface area contributed by atoms with Gasteiger partial charge in [-0.3, -0.25) is 4.90 Å². The van der Waals surface area contributed by atoms with Crippen molar-refractivity contribution in [3.8, 4) is 22.4 Å². The molecule has 36 heavy (non-hydrogen) atoms. The van der Waals surface area contributed by atoms with Gasteiger partial charge in [-0.05, 0) is 56.9 Å². The Labute approximate surface area is 216 Å². The fourth-order valence-electron chi connectivity index (χ4n) is 5.77. The van der Waals surface area contributed by atoms with E-state index in [4.69, 9.17) is 16.6 Å². The number of carbonyl (C=O) groups is 1. The molecule has 0 spiro atoms. The Morgan fingerprint density at radius 3 is 2.25 bits per heavy atom. The van der Waals surface area contributed by atoms with Gasteiger partial charge in [-0.15, -0.1) is 0 Å². The van der Waals surface area contributed by atoms with Crippen LogP contribution in [0.15, 0.2) is 72.9 Å². The first-order valence-electron chi connectivity index (χ1n) is 12.4. The molecule has 1 fully saturated rings. The zero-order valence-electron chi connectivity index (χ0n) is 20.8. The lowest BCUT2D eigenvalue weighted by Crippen LogP contribution is -2.56. The second kappa shape index (κ2) is 9.21. The van der Waals surface area contributed by atoms with Gasteiger partial charge in [0.05, 0.1) is 16.7 Å². The van der Waals surface area contributed by atoms with E-state index in [1.54, 1.807) is 11.1 Å². The van der Waals surface area contributed by atoms with Crippen LogP contribution in [0.5, 0.6) is 0 Å². The molecule has 5 nitrogen and oxygen atoms in total. The second-order valence-electron chi connectivity index (χ2n) is 10.5. The van der Waals surface area contributed by atoms with Gasteiger partial charge in [0.1, 0.15) is 5.15 Å². The minimum atomic E-state index is -0.874. The van der Waals surface area contributed by atoms with Crippen molar-refractivity contribution in [2.45, 2.75) is 57.5 Å². The molecule has 1 aliphatic rings. The van der Waals surface area contributed by atoms with E-state index >= 15 is 0 Å². The normalized spacial score (nSPS) is 15.2. The number of hydrogen-bond donors (Lipinski definition) is 1. The third-order valence-corrected chi connectivity index (χ3v) is 7.50. The van der Waals surface area contributed by atoms with E-state index < -0.39 is 17.2 Å². The minimum absolute atomic E-state index is 0.429. The van der Waals surface area contributed by atoms with Crippen molar-refractivity contribution < 1.29 is 9.90 Å². The van der Waals surface area contributed by atoms with Crippen LogP contribution in [-0.2, 0) is 5.54 Å². The predicted molar refractivity (Wildman–Crippen MR) is 145 cm³/mol. The van der Waals surface area contributed by atoms with Gasteiger partial charge in [0.2, 0.25) is 0 Å². The third kappa shape index (κ3) is 4.22. The van der Waals surface area contributed by atoms with E-state index in [1.807, 2.05) is 45.0 Å². The highest BCUT2D eigenvalue weighted by molar-refractivity contribution is 6.34. The molecule has 0 atom stereocenters. The lowest BCUT2D eigenvalue weighted by Gasteiger charge is -2.47. The summed E-state index contributed by atoms with van der Waals surface area (Å²) in [5.41, 5.74) is 4.63. The quantitative estimate of drug-likeness (QED) is 0.287. The smallest absolute Gasteiger partial charge is 0.408 e. The number of pyridine rings is 2. The fourth-order valence-corrected chi connectivity index (χ4v) is 5.98. The van der Waals surface area contributed by atoms with Crippen molar-refractivity contribution in [2.75, 3.05) is 0 Å². The van der Waals surface area contributed by atoms with Crippen LogP contribution in [0, 0.1) is 0 Å². The van der Waals surface area contributed by atoms with Crippen LogP contribution >= 0.6 is 11.6 Å². The second-order valence-corrected chi connectivity index (χ2v) is 10.9. The summed E-state index contributed by atoms with van der Waals surface area (Å²) in [6.45, 7) is 5.92. The largest absolute Gasteiger partial charge is 0.465 e. The molecule has 6 heteroatoms. The molecule has 0 unspecified atom stereocenters. The predicted octanol–water partition coefficient (Wildman–Crippen LogP) is 8.17. The van der Waals surface area contributed by atoms with Crippen molar-refractivity contribution in [3.63, 3.8) is 0 Å². The summed E-state index contributed by atoms with van der Waals surface area (Å²) in [6, 6.07) is 22.4. The monoisotopic (exact) mass is 499 g/mol. The number of rotatable bonds is 4. The van der Waals surface area contributed by atoms with Crippen LogP contribution in [0.2, 0.25) is 5.15 Å².